The summed E-state index contributed by atoms with van der Waals surface area (Å²) in [5.74, 6) is -0.422. The summed E-state index contributed by atoms with van der Waals surface area (Å²) in [6, 6.07) is 9.40. The van der Waals surface area contributed by atoms with Crippen LogP contribution in [0.1, 0.15) is 35.1 Å². The Balaban J connectivity index is 1.67. The molecular weight excluding hydrogens is 385 g/mol. The van der Waals surface area contributed by atoms with Gasteiger partial charge in [0.25, 0.3) is 0 Å². The van der Waals surface area contributed by atoms with Crippen LogP contribution >= 0.6 is 0 Å². The van der Waals surface area contributed by atoms with Gasteiger partial charge < -0.3 is 9.72 Å². The summed E-state index contributed by atoms with van der Waals surface area (Å²) in [6.07, 6.45) is 1.30. The van der Waals surface area contributed by atoms with E-state index in [4.69, 9.17) is 0 Å². The zero-order chi connectivity index (χ0) is 19.9. The third-order valence-electron chi connectivity index (χ3n) is 4.86. The number of hydrogen-bond donors (Lipinski definition) is 1. The molecule has 0 amide bonds. The Morgan fingerprint density at radius 2 is 2.00 bits per heavy atom. The van der Waals surface area contributed by atoms with E-state index in [1.54, 1.807) is 6.07 Å². The quantitative estimate of drug-likeness (QED) is 0.676. The Kier molecular flexibility index (Phi) is 4.64. The molecule has 9 heteroatoms. The van der Waals surface area contributed by atoms with Crippen molar-refractivity contribution in [3.63, 3.8) is 0 Å². The van der Waals surface area contributed by atoms with Crippen molar-refractivity contribution >= 4 is 27.0 Å². The zero-order valence-corrected chi connectivity index (χ0v) is 15.9. The Hall–Kier alpha value is -2.78. The second-order valence-electron chi connectivity index (χ2n) is 6.57. The van der Waals surface area contributed by atoms with E-state index in [0.717, 1.165) is 0 Å². The number of hydrogen-bond acceptors (Lipinski definition) is 5. The van der Waals surface area contributed by atoms with Crippen molar-refractivity contribution in [3.8, 4) is 0 Å². The Morgan fingerprint density at radius 3 is 2.71 bits per heavy atom. The number of aromatic amines is 1. The normalized spacial score (nSPS) is 17.9. The van der Waals surface area contributed by atoms with Gasteiger partial charge in [-0.3, -0.25) is 0 Å². The highest BCUT2D eigenvalue weighted by Gasteiger charge is 2.37. The Labute approximate surface area is 161 Å². The Morgan fingerprint density at radius 1 is 1.25 bits per heavy atom. The molecule has 1 fully saturated rings. The molecule has 1 aliphatic heterocycles. The molecule has 7 nitrogen and oxygen atoms in total. The van der Waals surface area contributed by atoms with Crippen molar-refractivity contribution in [2.45, 2.75) is 23.8 Å². The van der Waals surface area contributed by atoms with E-state index in [1.165, 1.54) is 47.8 Å². The number of methoxy groups -OCH3 is 1. The molecule has 0 bridgehead atoms. The fourth-order valence-electron chi connectivity index (χ4n) is 3.48. The first-order valence-corrected chi connectivity index (χ1v) is 10.2. The molecule has 1 saturated heterocycles. The number of fused-ring (bicyclic) bond motifs is 1. The van der Waals surface area contributed by atoms with E-state index in [9.17, 15) is 17.6 Å². The minimum atomic E-state index is -3.78. The van der Waals surface area contributed by atoms with Crippen molar-refractivity contribution in [2.24, 2.45) is 0 Å². The van der Waals surface area contributed by atoms with Gasteiger partial charge in [-0.25, -0.2) is 22.6 Å². The number of rotatable bonds is 4. The van der Waals surface area contributed by atoms with Crippen LogP contribution in [0.2, 0.25) is 0 Å². The lowest BCUT2D eigenvalue weighted by molar-refractivity contribution is 0.0600. The summed E-state index contributed by atoms with van der Waals surface area (Å²) in [5.41, 5.74) is 1.39. The zero-order valence-electron chi connectivity index (χ0n) is 15.1. The highest BCUT2D eigenvalue weighted by atomic mass is 32.2. The maximum Gasteiger partial charge on any atom is 0.337 e. The fraction of sp³-hybridized carbons (Fsp3) is 0.263. The number of imidazole rings is 1. The van der Waals surface area contributed by atoms with Gasteiger partial charge in [0.05, 0.1) is 34.6 Å². The third kappa shape index (κ3) is 3.16. The molecule has 2 aromatic carbocycles. The van der Waals surface area contributed by atoms with Crippen molar-refractivity contribution in [1.29, 1.82) is 0 Å². The maximum absolute atomic E-state index is 13.4. The number of benzene rings is 2. The highest BCUT2D eigenvalue weighted by molar-refractivity contribution is 7.89. The third-order valence-corrected chi connectivity index (χ3v) is 6.79. The molecule has 1 aliphatic rings. The number of ether oxygens (including phenoxy) is 1. The topological polar surface area (TPSA) is 92.4 Å². The maximum atomic E-state index is 13.4. The molecule has 1 aromatic heterocycles. The lowest BCUT2D eigenvalue weighted by atomic mass is 10.2. The molecule has 0 radical (unpaired) electrons. The summed E-state index contributed by atoms with van der Waals surface area (Å²) >= 11 is 0. The second kappa shape index (κ2) is 6.99. The van der Waals surface area contributed by atoms with Crippen molar-refractivity contribution < 1.29 is 22.3 Å². The van der Waals surface area contributed by atoms with E-state index in [1.807, 2.05) is 0 Å². The van der Waals surface area contributed by atoms with Crippen LogP contribution in [0.3, 0.4) is 0 Å². The van der Waals surface area contributed by atoms with E-state index < -0.39 is 22.0 Å². The summed E-state index contributed by atoms with van der Waals surface area (Å²) < 4.78 is 45.8. The molecule has 1 unspecified atom stereocenters. The van der Waals surface area contributed by atoms with Crippen LogP contribution < -0.4 is 0 Å². The first-order chi connectivity index (χ1) is 13.4. The van der Waals surface area contributed by atoms with Crippen LogP contribution in [-0.4, -0.2) is 42.3 Å². The predicted molar refractivity (Wildman–Crippen MR) is 99.7 cm³/mol. The number of sulfonamides is 1. The molecule has 0 spiro atoms. The number of nitrogens with zero attached hydrogens (tertiary/aromatic N) is 2. The average Bonchev–Trinajstić information content (AvgIpc) is 3.34. The summed E-state index contributed by atoms with van der Waals surface area (Å²) in [6.45, 7) is 0.358. The van der Waals surface area contributed by atoms with E-state index in [2.05, 4.69) is 14.7 Å². The molecule has 0 saturated carbocycles. The van der Waals surface area contributed by atoms with Gasteiger partial charge in [0.1, 0.15) is 11.6 Å². The molecule has 3 aromatic rings. The van der Waals surface area contributed by atoms with Gasteiger partial charge >= 0.3 is 5.97 Å². The van der Waals surface area contributed by atoms with Crippen molar-refractivity contribution in [3.05, 3.63) is 59.7 Å². The minimum Gasteiger partial charge on any atom is -0.465 e. The number of nitrogens with one attached hydrogen (secondary N) is 1. The molecule has 1 atom stereocenters. The first kappa shape index (κ1) is 18.6. The molecule has 1 N–H and O–H groups in total. The number of aromatic nitrogens is 2. The lowest BCUT2D eigenvalue weighted by Gasteiger charge is -2.22. The van der Waals surface area contributed by atoms with Gasteiger partial charge in [-0.2, -0.15) is 4.31 Å². The van der Waals surface area contributed by atoms with Gasteiger partial charge in [-0.15, -0.1) is 0 Å². The predicted octanol–water partition coefficient (Wildman–Crippen LogP) is 3.01. The first-order valence-electron chi connectivity index (χ1n) is 8.75. The van der Waals surface area contributed by atoms with Crippen LogP contribution in [0.15, 0.2) is 47.4 Å². The van der Waals surface area contributed by atoms with Crippen molar-refractivity contribution in [1.82, 2.24) is 14.3 Å². The molecule has 146 valence electrons. The fourth-order valence-corrected chi connectivity index (χ4v) is 5.14. The second-order valence-corrected chi connectivity index (χ2v) is 8.46. The smallest absolute Gasteiger partial charge is 0.337 e. The largest absolute Gasteiger partial charge is 0.465 e. The van der Waals surface area contributed by atoms with E-state index >= 15 is 0 Å². The van der Waals surface area contributed by atoms with Crippen LogP contribution in [0, 0.1) is 5.82 Å². The number of carbonyl (C=O) groups excluding carboxylic acids is 1. The molecule has 28 heavy (non-hydrogen) atoms. The molecular formula is C19H18FN3O4S. The number of carbonyl (C=O) groups is 1. The number of H-pyrrole nitrogens is 1. The Bertz CT molecular complexity index is 1140. The van der Waals surface area contributed by atoms with Crippen LogP contribution in [0.5, 0.6) is 0 Å². The standard InChI is InChI=1S/C19H18FN3O4S/c1-27-19(24)12-4-7-14(8-5-12)28(25,26)23-10-2-3-17(23)18-21-15-9-6-13(20)11-16(15)22-18/h4-9,11,17H,2-3,10H2,1H3,(H,21,22). The van der Waals surface area contributed by atoms with Crippen LogP contribution in [0.4, 0.5) is 4.39 Å². The summed E-state index contributed by atoms with van der Waals surface area (Å²) in [4.78, 5) is 19.1. The van der Waals surface area contributed by atoms with Gasteiger partial charge in [0.2, 0.25) is 10.0 Å². The minimum absolute atomic E-state index is 0.0919. The lowest BCUT2D eigenvalue weighted by Crippen LogP contribution is -2.31. The number of halogens is 1. The van der Waals surface area contributed by atoms with Gasteiger partial charge in [0.15, 0.2) is 0 Å². The SMILES string of the molecule is COC(=O)c1ccc(S(=O)(=O)N2CCCC2c2nc3ccc(F)cc3[nH]2)cc1. The summed E-state index contributed by atoms with van der Waals surface area (Å²) in [7, 11) is -2.52. The van der Waals surface area contributed by atoms with Gasteiger partial charge in [0, 0.05) is 6.54 Å². The van der Waals surface area contributed by atoms with Gasteiger partial charge in [-0.1, -0.05) is 0 Å². The van der Waals surface area contributed by atoms with Crippen LogP contribution in [-0.2, 0) is 14.8 Å². The molecule has 0 aliphatic carbocycles. The molecule has 2 heterocycles. The highest BCUT2D eigenvalue weighted by Crippen LogP contribution is 2.36. The average molecular weight is 403 g/mol. The van der Waals surface area contributed by atoms with E-state index in [0.29, 0.717) is 36.2 Å². The monoisotopic (exact) mass is 403 g/mol. The summed E-state index contributed by atoms with van der Waals surface area (Å²) in [5, 5.41) is 0. The van der Waals surface area contributed by atoms with Gasteiger partial charge in [-0.05, 0) is 55.3 Å². The van der Waals surface area contributed by atoms with E-state index in [-0.39, 0.29) is 16.3 Å². The molecule has 4 rings (SSSR count). The van der Waals surface area contributed by atoms with Crippen LogP contribution in [0.25, 0.3) is 11.0 Å². The number of esters is 1. The van der Waals surface area contributed by atoms with Crippen molar-refractivity contribution in [2.75, 3.05) is 13.7 Å².